The minimum Gasteiger partial charge on any atom is -0.365 e. The van der Waals surface area contributed by atoms with E-state index in [1.807, 2.05) is 0 Å². The van der Waals surface area contributed by atoms with Crippen LogP contribution in [0.15, 0.2) is 54.5 Å². The summed E-state index contributed by atoms with van der Waals surface area (Å²) in [5.41, 5.74) is 7.24. The Morgan fingerprint density at radius 2 is 2.02 bits per heavy atom. The second-order valence-electron chi connectivity index (χ2n) is 10.9. The monoisotopic (exact) mass is 701 g/mol. The average Bonchev–Trinajstić information content (AvgIpc) is 3.68. The topological polar surface area (TPSA) is 187 Å². The Morgan fingerprint density at radius 1 is 1.24 bits per heavy atom. The highest BCUT2D eigenvalue weighted by Gasteiger charge is 2.51. The zero-order chi connectivity index (χ0) is 32.1. The number of ether oxygens (including phenoxy) is 1. The van der Waals surface area contributed by atoms with Gasteiger partial charge in [0, 0.05) is 18.6 Å². The summed E-state index contributed by atoms with van der Waals surface area (Å²) in [5.74, 6) is -1.28. The number of amides is 1. The lowest BCUT2D eigenvalue weighted by atomic mass is 9.62. The quantitative estimate of drug-likeness (QED) is 0.153. The Balaban J connectivity index is 1.20. The number of hydrogen-bond acceptors (Lipinski definition) is 12. The fourth-order valence-electron chi connectivity index (χ4n) is 5.58. The maximum Gasteiger partial charge on any atom is 0.386 e. The molecule has 15 nitrogen and oxygen atoms in total. The highest BCUT2D eigenvalue weighted by atomic mass is 32.7. The van der Waals surface area contributed by atoms with Crippen LogP contribution in [0.4, 0.5) is 4.39 Å². The van der Waals surface area contributed by atoms with Gasteiger partial charge in [0.2, 0.25) is 0 Å². The lowest BCUT2D eigenvalue weighted by Crippen LogP contribution is -2.42. The zero-order valence-corrected chi connectivity index (χ0v) is 27.2. The second-order valence-corrected chi connectivity index (χ2v) is 16.6. The maximum absolute atomic E-state index is 16.1. The van der Waals surface area contributed by atoms with Crippen LogP contribution in [-0.2, 0) is 44.0 Å². The van der Waals surface area contributed by atoms with Gasteiger partial charge in [0.25, 0.3) is 5.91 Å². The summed E-state index contributed by atoms with van der Waals surface area (Å²) in [6.07, 6.45) is 3.90. The molecule has 45 heavy (non-hydrogen) atoms. The lowest BCUT2D eigenvalue weighted by Gasteiger charge is -2.45. The van der Waals surface area contributed by atoms with Crippen LogP contribution in [0.25, 0.3) is 16.8 Å². The Hall–Kier alpha value is -2.37. The highest BCUT2D eigenvalue weighted by molar-refractivity contribution is 8.44. The van der Waals surface area contributed by atoms with Gasteiger partial charge in [-0.05, 0) is 49.0 Å². The van der Waals surface area contributed by atoms with E-state index in [4.69, 9.17) is 40.4 Å². The third-order valence-corrected chi connectivity index (χ3v) is 11.3. The molecule has 6 rings (SSSR count). The third kappa shape index (κ3) is 6.72. The fourth-order valence-corrected chi connectivity index (χ4v) is 8.23. The molecule has 1 saturated carbocycles. The number of rotatable bonds is 5. The number of carbonyl (C=O) groups is 1. The molecule has 0 aromatic carbocycles. The zero-order valence-electron chi connectivity index (χ0n) is 23.7. The molecule has 2 saturated heterocycles. The summed E-state index contributed by atoms with van der Waals surface area (Å²) in [7, 11) is 0. The van der Waals surface area contributed by atoms with Crippen molar-refractivity contribution >= 4 is 66.0 Å². The van der Waals surface area contributed by atoms with Crippen molar-refractivity contribution in [2.45, 2.75) is 38.0 Å². The summed E-state index contributed by atoms with van der Waals surface area (Å²) in [5, 5.41) is 0. The Morgan fingerprint density at radius 3 is 2.80 bits per heavy atom. The number of carbonyl (C=O) groups excluding carboxylic acids is 1. The first-order valence-electron chi connectivity index (χ1n) is 13.7. The first kappa shape index (κ1) is 32.6. The summed E-state index contributed by atoms with van der Waals surface area (Å²) in [4.78, 5) is 39.1. The average molecular weight is 702 g/mol. The number of alkyl halides is 1. The van der Waals surface area contributed by atoms with Crippen molar-refractivity contribution < 1.29 is 41.5 Å². The van der Waals surface area contributed by atoms with Crippen LogP contribution < -0.4 is 5.73 Å². The number of allylic oxidation sites excluding steroid dienone is 2. The van der Waals surface area contributed by atoms with Gasteiger partial charge >= 0.3 is 13.5 Å². The number of nitrogens with two attached hydrogens (primary N) is 1. The molecule has 242 valence electrons. The SMILES string of the molecule is C=C(/C=C\N=C(C)C(N)=O)[C@@H]1C[C@@H]2COP(O)(=S)O[C@H]3[C@@H](F)[C@H](n4cnc5c4ncn4ccnc54)O[C@@H]3COP(=O)(S)OC[C@H]21. The first-order valence-corrected chi connectivity index (χ1v) is 19.0. The molecule has 2 unspecified atom stereocenters. The molecule has 0 spiro atoms. The number of nitrogens with zero attached hydrogens (tertiary/aromatic N) is 6. The van der Waals surface area contributed by atoms with E-state index in [1.54, 1.807) is 22.9 Å². The van der Waals surface area contributed by atoms with Crippen LogP contribution in [0.2, 0.25) is 0 Å². The van der Waals surface area contributed by atoms with Crippen molar-refractivity contribution in [1.82, 2.24) is 23.9 Å². The Bertz CT molecular complexity index is 1800. The minimum absolute atomic E-state index is 0.0407. The first-order chi connectivity index (χ1) is 21.3. The number of fused-ring (bicyclic) bond motifs is 5. The van der Waals surface area contributed by atoms with Gasteiger partial charge < -0.3 is 24.4 Å². The number of halogens is 1. The standard InChI is InChI=1S/C25H30FN7O8P2S2/c1-13(3-4-28-14(2)22(27)34)16-7-15-8-37-43(36,45)41-21-18(10-39-42(35,44)38-9-17(15)16)40-25(19(21)26)33-12-30-20-23-29-5-6-32(23)11-31-24(20)33/h3-6,11-12,15-19,21,25H,1,7-10H2,2H3,(H2,27,34)(H,35,44)(H,36,45)/b4-3-,28-14?/t15-,16+,17-,18-,19-,21-,25-,42?,43?/m1/s1. The van der Waals surface area contributed by atoms with Crippen molar-refractivity contribution in [1.29, 1.82) is 0 Å². The molecule has 0 bridgehead atoms. The molecule has 5 heterocycles. The minimum atomic E-state index is -4.00. The fraction of sp³-hybridized carbons (Fsp3) is 0.480. The van der Waals surface area contributed by atoms with E-state index in [1.165, 1.54) is 30.3 Å². The molecule has 3 fully saturated rings. The van der Waals surface area contributed by atoms with Crippen LogP contribution in [-0.4, -0.2) is 78.6 Å². The Kier molecular flexibility index (Phi) is 9.17. The van der Waals surface area contributed by atoms with Crippen molar-refractivity contribution in [2.24, 2.45) is 28.5 Å². The maximum atomic E-state index is 16.1. The molecule has 0 radical (unpaired) electrons. The molecular weight excluding hydrogens is 671 g/mol. The molecule has 3 aromatic heterocycles. The smallest absolute Gasteiger partial charge is 0.365 e. The summed E-state index contributed by atoms with van der Waals surface area (Å²) >= 11 is 9.39. The van der Waals surface area contributed by atoms with Gasteiger partial charge in [-0.3, -0.25) is 27.8 Å². The molecule has 1 aliphatic carbocycles. The van der Waals surface area contributed by atoms with Crippen LogP contribution in [0.3, 0.4) is 0 Å². The number of primary amides is 1. The summed E-state index contributed by atoms with van der Waals surface area (Å²) in [6, 6.07) is 0. The van der Waals surface area contributed by atoms with Crippen molar-refractivity contribution in [3.05, 3.63) is 49.5 Å². The van der Waals surface area contributed by atoms with Crippen molar-refractivity contribution in [3.63, 3.8) is 0 Å². The number of thiol groups is 1. The van der Waals surface area contributed by atoms with Crippen LogP contribution >= 0.6 is 25.8 Å². The molecule has 2 aliphatic heterocycles. The van der Waals surface area contributed by atoms with Gasteiger partial charge in [0.15, 0.2) is 29.2 Å². The highest BCUT2D eigenvalue weighted by Crippen LogP contribution is 2.58. The van der Waals surface area contributed by atoms with Gasteiger partial charge in [0.1, 0.15) is 24.2 Å². The van der Waals surface area contributed by atoms with Gasteiger partial charge in [0.05, 0.1) is 26.1 Å². The predicted octanol–water partition coefficient (Wildman–Crippen LogP) is 3.29. The number of imidazole rings is 2. The second kappa shape index (κ2) is 12.7. The van der Waals surface area contributed by atoms with Crippen LogP contribution in [0, 0.1) is 17.8 Å². The third-order valence-electron chi connectivity index (χ3n) is 8.10. The molecule has 1 amide bonds. The molecule has 3 N–H and O–H groups in total. The summed E-state index contributed by atoms with van der Waals surface area (Å²) in [6.45, 7) is -2.97. The van der Waals surface area contributed by atoms with Gasteiger partial charge in [-0.1, -0.05) is 24.4 Å². The van der Waals surface area contributed by atoms with Crippen molar-refractivity contribution in [3.8, 4) is 0 Å². The number of aliphatic imine (C=N–C) groups is 1. The van der Waals surface area contributed by atoms with E-state index in [-0.39, 0.29) is 36.7 Å². The lowest BCUT2D eigenvalue weighted by molar-refractivity contribution is -0.112. The van der Waals surface area contributed by atoms with Crippen LogP contribution in [0.1, 0.15) is 19.6 Å². The van der Waals surface area contributed by atoms with E-state index >= 15 is 4.39 Å². The van der Waals surface area contributed by atoms with E-state index in [2.05, 4.69) is 38.8 Å². The predicted molar refractivity (Wildman–Crippen MR) is 167 cm³/mol. The normalized spacial score (nSPS) is 36.5. The summed E-state index contributed by atoms with van der Waals surface area (Å²) < 4.78 is 60.9. The molecule has 3 aromatic rings. The van der Waals surface area contributed by atoms with Gasteiger partial charge in [-0.15, -0.1) is 0 Å². The molecule has 3 aliphatic rings. The van der Waals surface area contributed by atoms with E-state index in [9.17, 15) is 14.3 Å². The molecule has 20 heteroatoms. The largest absolute Gasteiger partial charge is 0.386 e. The van der Waals surface area contributed by atoms with Gasteiger partial charge in [-0.2, -0.15) is 0 Å². The van der Waals surface area contributed by atoms with E-state index in [0.29, 0.717) is 28.8 Å². The Labute approximate surface area is 266 Å². The van der Waals surface area contributed by atoms with Crippen LogP contribution in [0.5, 0.6) is 0 Å². The van der Waals surface area contributed by atoms with Gasteiger partial charge in [-0.25, -0.2) is 23.9 Å². The van der Waals surface area contributed by atoms with E-state index < -0.39 is 50.6 Å². The number of aromatic nitrogens is 5. The number of hydrogen-bond donors (Lipinski definition) is 3. The van der Waals surface area contributed by atoms with E-state index in [0.717, 1.165) is 0 Å². The molecule has 9 atom stereocenters. The van der Waals surface area contributed by atoms with Crippen molar-refractivity contribution in [2.75, 3.05) is 19.8 Å². The molecular formula is C25H30FN7O8P2S2.